The third-order valence-corrected chi connectivity index (χ3v) is 3.65. The lowest BCUT2D eigenvalue weighted by Gasteiger charge is -2.07. The summed E-state index contributed by atoms with van der Waals surface area (Å²) in [5, 5.41) is 9.22. The number of benzene rings is 2. The number of rotatable bonds is 9. The first-order valence-corrected chi connectivity index (χ1v) is 8.43. The molecule has 0 fully saturated rings. The number of esters is 1. The third-order valence-electron chi connectivity index (χ3n) is 3.65. The molecule has 0 aromatic heterocycles. The predicted octanol–water partition coefficient (Wildman–Crippen LogP) is 4.96. The smallest absolute Gasteiger partial charge is 0.343 e. The minimum atomic E-state index is -0.438. The molecule has 128 valence electrons. The van der Waals surface area contributed by atoms with Crippen molar-refractivity contribution in [3.8, 4) is 17.2 Å². The van der Waals surface area contributed by atoms with Crippen LogP contribution in [0.5, 0.6) is 17.2 Å². The van der Waals surface area contributed by atoms with Gasteiger partial charge in [-0.15, -0.1) is 0 Å². The van der Waals surface area contributed by atoms with Gasteiger partial charge in [0.25, 0.3) is 0 Å². The molecule has 24 heavy (non-hydrogen) atoms. The van der Waals surface area contributed by atoms with Gasteiger partial charge in [-0.2, -0.15) is 0 Å². The minimum Gasteiger partial charge on any atom is -0.508 e. The van der Waals surface area contributed by atoms with E-state index in [1.54, 1.807) is 36.4 Å². The Morgan fingerprint density at radius 3 is 2.17 bits per heavy atom. The van der Waals surface area contributed by atoms with E-state index in [1.165, 1.54) is 37.8 Å². The van der Waals surface area contributed by atoms with Gasteiger partial charge in [-0.1, -0.05) is 32.6 Å². The Labute approximate surface area is 143 Å². The molecule has 0 saturated carbocycles. The van der Waals surface area contributed by atoms with Crippen LogP contribution in [0.2, 0.25) is 0 Å². The van der Waals surface area contributed by atoms with Gasteiger partial charge < -0.3 is 14.6 Å². The van der Waals surface area contributed by atoms with Crippen molar-refractivity contribution in [3.63, 3.8) is 0 Å². The molecular weight excluding hydrogens is 304 g/mol. The van der Waals surface area contributed by atoms with Crippen LogP contribution < -0.4 is 9.47 Å². The average Bonchev–Trinajstić information content (AvgIpc) is 2.60. The Kier molecular flexibility index (Phi) is 7.15. The first-order valence-electron chi connectivity index (χ1n) is 8.43. The summed E-state index contributed by atoms with van der Waals surface area (Å²) in [6, 6.07) is 13.0. The van der Waals surface area contributed by atoms with Gasteiger partial charge in [0.1, 0.15) is 17.2 Å². The Hall–Kier alpha value is -2.49. The van der Waals surface area contributed by atoms with E-state index in [0.29, 0.717) is 17.9 Å². The van der Waals surface area contributed by atoms with Crippen LogP contribution in [-0.2, 0) is 0 Å². The number of carbonyl (C=O) groups is 1. The summed E-state index contributed by atoms with van der Waals surface area (Å²) < 4.78 is 10.9. The van der Waals surface area contributed by atoms with Crippen LogP contribution in [-0.4, -0.2) is 17.7 Å². The SMILES string of the molecule is CCCCCCCOc1ccc(C(=O)Oc2ccc(O)cc2)cc1. The summed E-state index contributed by atoms with van der Waals surface area (Å²) in [5.74, 6) is 0.842. The molecule has 4 heteroatoms. The van der Waals surface area contributed by atoms with Gasteiger partial charge in [0.15, 0.2) is 0 Å². The van der Waals surface area contributed by atoms with E-state index in [-0.39, 0.29) is 5.75 Å². The molecular formula is C20H24O4. The fourth-order valence-electron chi connectivity index (χ4n) is 2.26. The lowest BCUT2D eigenvalue weighted by molar-refractivity contribution is 0.0734. The van der Waals surface area contributed by atoms with Gasteiger partial charge >= 0.3 is 5.97 Å². The van der Waals surface area contributed by atoms with Gasteiger partial charge in [-0.25, -0.2) is 4.79 Å². The summed E-state index contributed by atoms with van der Waals surface area (Å²) in [5.41, 5.74) is 0.457. The van der Waals surface area contributed by atoms with Crippen molar-refractivity contribution >= 4 is 5.97 Å². The van der Waals surface area contributed by atoms with Crippen LogP contribution in [0, 0.1) is 0 Å². The highest BCUT2D eigenvalue weighted by molar-refractivity contribution is 5.91. The number of phenols is 1. The quantitative estimate of drug-likeness (QED) is 0.401. The van der Waals surface area contributed by atoms with Crippen LogP contribution in [0.1, 0.15) is 49.4 Å². The Morgan fingerprint density at radius 1 is 0.875 bits per heavy atom. The molecule has 0 aliphatic carbocycles. The largest absolute Gasteiger partial charge is 0.508 e. The van der Waals surface area contributed by atoms with Crippen LogP contribution in [0.3, 0.4) is 0 Å². The van der Waals surface area contributed by atoms with Crippen molar-refractivity contribution in [2.45, 2.75) is 39.0 Å². The second kappa shape index (κ2) is 9.60. The molecule has 4 nitrogen and oxygen atoms in total. The normalized spacial score (nSPS) is 10.4. The lowest BCUT2D eigenvalue weighted by Crippen LogP contribution is -2.08. The monoisotopic (exact) mass is 328 g/mol. The van der Waals surface area contributed by atoms with Crippen LogP contribution in [0.4, 0.5) is 0 Å². The molecule has 0 amide bonds. The van der Waals surface area contributed by atoms with Crippen molar-refractivity contribution in [2.24, 2.45) is 0 Å². The summed E-state index contributed by atoms with van der Waals surface area (Å²) in [6.07, 6.45) is 6.00. The first-order chi connectivity index (χ1) is 11.7. The molecule has 0 spiro atoms. The molecule has 0 saturated heterocycles. The number of carbonyl (C=O) groups excluding carboxylic acids is 1. The standard InChI is InChI=1S/C20H24O4/c1-2-3-4-5-6-15-23-18-11-7-16(8-12-18)20(22)24-19-13-9-17(21)10-14-19/h7-14,21H,2-6,15H2,1H3. The minimum absolute atomic E-state index is 0.131. The molecule has 2 rings (SSSR count). The molecule has 0 atom stereocenters. The maximum Gasteiger partial charge on any atom is 0.343 e. The molecule has 0 unspecified atom stereocenters. The third kappa shape index (κ3) is 5.95. The molecule has 2 aromatic carbocycles. The molecule has 2 aromatic rings. The van der Waals surface area contributed by atoms with Gasteiger partial charge in [0, 0.05) is 0 Å². The van der Waals surface area contributed by atoms with Crippen molar-refractivity contribution in [1.82, 2.24) is 0 Å². The van der Waals surface area contributed by atoms with E-state index in [1.807, 2.05) is 0 Å². The molecule has 1 N–H and O–H groups in total. The van der Waals surface area contributed by atoms with E-state index in [2.05, 4.69) is 6.92 Å². The van der Waals surface area contributed by atoms with Crippen molar-refractivity contribution in [2.75, 3.05) is 6.61 Å². The molecule has 0 radical (unpaired) electrons. The zero-order valence-electron chi connectivity index (χ0n) is 14.0. The number of unbranched alkanes of at least 4 members (excludes halogenated alkanes) is 4. The summed E-state index contributed by atoms with van der Waals surface area (Å²) in [4.78, 5) is 12.0. The molecule has 0 bridgehead atoms. The zero-order chi connectivity index (χ0) is 17.2. The summed E-state index contributed by atoms with van der Waals surface area (Å²) in [7, 11) is 0. The van der Waals surface area contributed by atoms with Crippen molar-refractivity contribution in [3.05, 3.63) is 54.1 Å². The van der Waals surface area contributed by atoms with Crippen LogP contribution in [0.15, 0.2) is 48.5 Å². The Balaban J connectivity index is 1.78. The van der Waals surface area contributed by atoms with E-state index in [9.17, 15) is 9.90 Å². The number of ether oxygens (including phenoxy) is 2. The number of aromatic hydroxyl groups is 1. The first kappa shape index (κ1) is 17.9. The second-order valence-corrected chi connectivity index (χ2v) is 5.67. The average molecular weight is 328 g/mol. The number of phenolic OH excluding ortho intramolecular Hbond substituents is 1. The van der Waals surface area contributed by atoms with Gasteiger partial charge in [-0.05, 0) is 55.0 Å². The van der Waals surface area contributed by atoms with Crippen molar-refractivity contribution in [1.29, 1.82) is 0 Å². The maximum absolute atomic E-state index is 12.0. The number of hydrogen-bond acceptors (Lipinski definition) is 4. The van der Waals surface area contributed by atoms with Gasteiger partial charge in [0.2, 0.25) is 0 Å². The summed E-state index contributed by atoms with van der Waals surface area (Å²) >= 11 is 0. The Bertz CT molecular complexity index is 617. The highest BCUT2D eigenvalue weighted by atomic mass is 16.5. The fraction of sp³-hybridized carbons (Fsp3) is 0.350. The van der Waals surface area contributed by atoms with Crippen LogP contribution in [0.25, 0.3) is 0 Å². The van der Waals surface area contributed by atoms with Gasteiger partial charge in [-0.3, -0.25) is 0 Å². The second-order valence-electron chi connectivity index (χ2n) is 5.67. The van der Waals surface area contributed by atoms with E-state index in [0.717, 1.165) is 12.2 Å². The zero-order valence-corrected chi connectivity index (χ0v) is 14.0. The molecule has 0 aliphatic heterocycles. The van der Waals surface area contributed by atoms with E-state index >= 15 is 0 Å². The molecule has 0 heterocycles. The predicted molar refractivity (Wildman–Crippen MR) is 93.8 cm³/mol. The Morgan fingerprint density at radius 2 is 1.50 bits per heavy atom. The topological polar surface area (TPSA) is 55.8 Å². The number of hydrogen-bond donors (Lipinski definition) is 1. The summed E-state index contributed by atoms with van der Waals surface area (Å²) in [6.45, 7) is 2.89. The molecule has 0 aliphatic rings. The van der Waals surface area contributed by atoms with Gasteiger partial charge in [0.05, 0.1) is 12.2 Å². The maximum atomic E-state index is 12.0. The van der Waals surface area contributed by atoms with E-state index in [4.69, 9.17) is 9.47 Å². The highest BCUT2D eigenvalue weighted by Gasteiger charge is 2.08. The lowest BCUT2D eigenvalue weighted by atomic mass is 10.2. The van der Waals surface area contributed by atoms with Crippen molar-refractivity contribution < 1.29 is 19.4 Å². The fourth-order valence-corrected chi connectivity index (χ4v) is 2.26. The highest BCUT2D eigenvalue weighted by Crippen LogP contribution is 2.18. The van der Waals surface area contributed by atoms with E-state index < -0.39 is 5.97 Å². The van der Waals surface area contributed by atoms with Crippen LogP contribution >= 0.6 is 0 Å².